The highest BCUT2D eigenvalue weighted by molar-refractivity contribution is 7.14. The first kappa shape index (κ1) is 18.4. The molecule has 0 aliphatic carbocycles. The van der Waals surface area contributed by atoms with Crippen LogP contribution in [0, 0.1) is 13.8 Å². The van der Waals surface area contributed by atoms with E-state index in [1.165, 1.54) is 16.2 Å². The molecule has 2 aliphatic rings. The van der Waals surface area contributed by atoms with Gasteiger partial charge in [0.15, 0.2) is 0 Å². The van der Waals surface area contributed by atoms with Gasteiger partial charge in [0.2, 0.25) is 11.8 Å². The van der Waals surface area contributed by atoms with E-state index in [0.717, 1.165) is 10.4 Å². The molecular weight excluding hydrogens is 384 g/mol. The molecular formula is C18H18N4O5S. The number of hydrogen-bond donors (Lipinski definition) is 2. The fourth-order valence-electron chi connectivity index (χ4n) is 3.55. The molecule has 1 unspecified atom stereocenters. The second-order valence-corrected chi connectivity index (χ2v) is 7.99. The number of thiophene rings is 1. The van der Waals surface area contributed by atoms with Gasteiger partial charge in [-0.2, -0.15) is 0 Å². The number of fused-ring (bicyclic) bond motifs is 1. The Morgan fingerprint density at radius 1 is 1.39 bits per heavy atom. The van der Waals surface area contributed by atoms with Gasteiger partial charge < -0.3 is 14.7 Å². The van der Waals surface area contributed by atoms with Crippen molar-refractivity contribution in [2.75, 3.05) is 0 Å². The quantitative estimate of drug-likeness (QED) is 0.737. The molecule has 4 amide bonds. The Hall–Kier alpha value is -3.01. The van der Waals surface area contributed by atoms with Crippen molar-refractivity contribution in [3.8, 4) is 0 Å². The third kappa shape index (κ3) is 3.09. The lowest BCUT2D eigenvalue weighted by Crippen LogP contribution is -2.52. The van der Waals surface area contributed by atoms with Crippen molar-refractivity contribution < 1.29 is 23.7 Å². The molecule has 146 valence electrons. The van der Waals surface area contributed by atoms with Gasteiger partial charge in [-0.3, -0.25) is 24.5 Å². The van der Waals surface area contributed by atoms with Crippen LogP contribution < -0.4 is 10.6 Å². The standard InChI is InChI=1S/C18H18N4O5S/c1-8-14(9(2)27-21-8)17(25)19-6-11-5-10-7-22(18(26)15(10)28-11)12-3-4-13(23)20-16(12)24/h5,12H,3-4,6-7H2,1-2H3,(H,19,25)(H,20,23,24). The molecule has 0 spiro atoms. The minimum Gasteiger partial charge on any atom is -0.361 e. The van der Waals surface area contributed by atoms with E-state index in [2.05, 4.69) is 15.8 Å². The number of hydrogen-bond acceptors (Lipinski definition) is 7. The summed E-state index contributed by atoms with van der Waals surface area (Å²) in [5, 5.41) is 8.87. The lowest BCUT2D eigenvalue weighted by molar-refractivity contribution is -0.136. The van der Waals surface area contributed by atoms with Crippen LogP contribution >= 0.6 is 11.3 Å². The minimum absolute atomic E-state index is 0.210. The first-order chi connectivity index (χ1) is 13.3. The van der Waals surface area contributed by atoms with Gasteiger partial charge in [0.25, 0.3) is 11.8 Å². The summed E-state index contributed by atoms with van der Waals surface area (Å²) in [6, 6.07) is 1.25. The van der Waals surface area contributed by atoms with Crippen LogP contribution in [0.25, 0.3) is 0 Å². The summed E-state index contributed by atoms with van der Waals surface area (Å²) in [5.74, 6) is -0.761. The molecule has 2 aromatic heterocycles. The molecule has 4 rings (SSSR count). The molecule has 1 atom stereocenters. The molecule has 4 heterocycles. The number of rotatable bonds is 4. The van der Waals surface area contributed by atoms with Crippen LogP contribution in [0.5, 0.6) is 0 Å². The topological polar surface area (TPSA) is 122 Å². The Balaban J connectivity index is 1.42. The Labute approximate surface area is 164 Å². The minimum atomic E-state index is -0.618. The maximum Gasteiger partial charge on any atom is 0.265 e. The molecule has 10 heteroatoms. The van der Waals surface area contributed by atoms with E-state index in [-0.39, 0.29) is 30.7 Å². The Morgan fingerprint density at radius 3 is 2.82 bits per heavy atom. The zero-order valence-corrected chi connectivity index (χ0v) is 16.1. The van der Waals surface area contributed by atoms with E-state index in [0.29, 0.717) is 34.9 Å². The predicted octanol–water partition coefficient (Wildman–Crippen LogP) is 1.04. The third-order valence-corrected chi connectivity index (χ3v) is 6.09. The van der Waals surface area contributed by atoms with Gasteiger partial charge in [-0.15, -0.1) is 11.3 Å². The van der Waals surface area contributed by atoms with Crippen LogP contribution in [-0.4, -0.2) is 39.7 Å². The summed E-state index contributed by atoms with van der Waals surface area (Å²) >= 11 is 1.30. The fourth-order valence-corrected chi connectivity index (χ4v) is 4.62. The number of carbonyl (C=O) groups excluding carboxylic acids is 4. The molecule has 0 saturated carbocycles. The first-order valence-electron chi connectivity index (χ1n) is 8.82. The van der Waals surface area contributed by atoms with Crippen molar-refractivity contribution in [1.29, 1.82) is 0 Å². The second-order valence-electron chi connectivity index (χ2n) is 6.85. The van der Waals surface area contributed by atoms with Gasteiger partial charge in [-0.25, -0.2) is 0 Å². The molecule has 28 heavy (non-hydrogen) atoms. The molecule has 2 aliphatic heterocycles. The highest BCUT2D eigenvalue weighted by atomic mass is 32.1. The molecule has 2 aromatic rings. The number of carbonyl (C=O) groups is 4. The summed E-state index contributed by atoms with van der Waals surface area (Å²) in [6.07, 6.45) is 0.568. The molecule has 0 radical (unpaired) electrons. The van der Waals surface area contributed by atoms with Gasteiger partial charge in [0.05, 0.1) is 17.1 Å². The van der Waals surface area contributed by atoms with Crippen LogP contribution in [0.3, 0.4) is 0 Å². The van der Waals surface area contributed by atoms with E-state index in [9.17, 15) is 19.2 Å². The summed E-state index contributed by atoms with van der Waals surface area (Å²) < 4.78 is 5.00. The molecule has 0 aromatic carbocycles. The monoisotopic (exact) mass is 402 g/mol. The first-order valence-corrected chi connectivity index (χ1v) is 9.64. The maximum absolute atomic E-state index is 12.7. The summed E-state index contributed by atoms with van der Waals surface area (Å²) in [4.78, 5) is 51.3. The number of imide groups is 1. The van der Waals surface area contributed by atoms with Crippen molar-refractivity contribution in [1.82, 2.24) is 20.7 Å². The molecule has 1 fully saturated rings. The lowest BCUT2D eigenvalue weighted by Gasteiger charge is -2.29. The molecule has 0 bridgehead atoms. The predicted molar refractivity (Wildman–Crippen MR) is 97.5 cm³/mol. The number of nitrogens with zero attached hydrogens (tertiary/aromatic N) is 2. The van der Waals surface area contributed by atoms with Gasteiger partial charge in [0.1, 0.15) is 17.4 Å². The fraction of sp³-hybridized carbons (Fsp3) is 0.389. The highest BCUT2D eigenvalue weighted by Gasteiger charge is 2.40. The van der Waals surface area contributed by atoms with E-state index in [4.69, 9.17) is 4.52 Å². The number of amides is 4. The zero-order valence-electron chi connectivity index (χ0n) is 15.3. The summed E-state index contributed by atoms with van der Waals surface area (Å²) in [6.45, 7) is 3.99. The van der Waals surface area contributed by atoms with E-state index in [1.807, 2.05) is 6.07 Å². The molecule has 1 saturated heterocycles. The lowest BCUT2D eigenvalue weighted by atomic mass is 10.0. The van der Waals surface area contributed by atoms with Crippen molar-refractivity contribution in [2.45, 2.75) is 45.8 Å². The number of aryl methyl sites for hydroxylation is 2. The number of piperidine rings is 1. The zero-order chi connectivity index (χ0) is 20.0. The van der Waals surface area contributed by atoms with E-state index >= 15 is 0 Å². The van der Waals surface area contributed by atoms with Crippen molar-refractivity contribution in [2.24, 2.45) is 0 Å². The van der Waals surface area contributed by atoms with Crippen LogP contribution in [0.4, 0.5) is 0 Å². The van der Waals surface area contributed by atoms with E-state index < -0.39 is 11.9 Å². The highest BCUT2D eigenvalue weighted by Crippen LogP contribution is 2.33. The van der Waals surface area contributed by atoms with E-state index in [1.54, 1.807) is 13.8 Å². The SMILES string of the molecule is Cc1noc(C)c1C(=O)NCc1cc2c(s1)C(=O)N(C1CCC(=O)NC1=O)C2. The van der Waals surface area contributed by atoms with Crippen molar-refractivity contribution >= 4 is 35.0 Å². The van der Waals surface area contributed by atoms with Crippen molar-refractivity contribution in [3.63, 3.8) is 0 Å². The van der Waals surface area contributed by atoms with Gasteiger partial charge in [0, 0.05) is 17.8 Å². The van der Waals surface area contributed by atoms with Crippen LogP contribution in [-0.2, 0) is 22.7 Å². The number of nitrogens with one attached hydrogen (secondary N) is 2. The smallest absolute Gasteiger partial charge is 0.265 e. The Kier molecular flexibility index (Phi) is 4.50. The molecule has 9 nitrogen and oxygen atoms in total. The van der Waals surface area contributed by atoms with Crippen LogP contribution in [0.15, 0.2) is 10.6 Å². The third-order valence-electron chi connectivity index (χ3n) is 4.93. The van der Waals surface area contributed by atoms with Gasteiger partial charge in [-0.1, -0.05) is 5.16 Å². The van der Waals surface area contributed by atoms with Crippen LogP contribution in [0.2, 0.25) is 0 Å². The van der Waals surface area contributed by atoms with Gasteiger partial charge in [-0.05, 0) is 31.9 Å². The van der Waals surface area contributed by atoms with Gasteiger partial charge >= 0.3 is 0 Å². The Morgan fingerprint density at radius 2 is 2.18 bits per heavy atom. The molecule has 2 N–H and O–H groups in total. The summed E-state index contributed by atoms with van der Waals surface area (Å²) in [7, 11) is 0. The largest absolute Gasteiger partial charge is 0.361 e. The average molecular weight is 402 g/mol. The maximum atomic E-state index is 12.7. The Bertz CT molecular complexity index is 988. The average Bonchev–Trinajstić information content (AvgIpc) is 3.28. The normalized spacial score (nSPS) is 19.0. The summed E-state index contributed by atoms with van der Waals surface area (Å²) in [5.41, 5.74) is 1.78. The van der Waals surface area contributed by atoms with Crippen molar-refractivity contribution in [3.05, 3.63) is 38.4 Å². The second kappa shape index (κ2) is 6.86. The van der Waals surface area contributed by atoms with Crippen LogP contribution in [0.1, 0.15) is 54.8 Å². The number of aromatic nitrogens is 1.